The molecule has 0 fully saturated rings. The van der Waals surface area contributed by atoms with E-state index >= 15 is 0 Å². The second kappa shape index (κ2) is 5.44. The summed E-state index contributed by atoms with van der Waals surface area (Å²) in [4.78, 5) is 18.5. The van der Waals surface area contributed by atoms with Gasteiger partial charge in [0.1, 0.15) is 12.1 Å². The molecular weight excluding hydrogens is 252 g/mol. The summed E-state index contributed by atoms with van der Waals surface area (Å²) in [5.74, 6) is 0.578. The minimum atomic E-state index is -0.527. The van der Waals surface area contributed by atoms with E-state index in [4.69, 9.17) is 9.84 Å². The number of nitrogens with one attached hydrogen (secondary N) is 1. The summed E-state index contributed by atoms with van der Waals surface area (Å²) in [6.07, 6.45) is 1.34. The Bertz CT molecular complexity index is 617. The summed E-state index contributed by atoms with van der Waals surface area (Å²) >= 11 is 0. The minimum Gasteiger partial charge on any atom is -0.490 e. The molecule has 0 bridgehead atoms. The maximum atomic E-state index is 11.0. The molecular formula is C11H12N4O4. The van der Waals surface area contributed by atoms with Crippen molar-refractivity contribution < 1.29 is 14.8 Å². The van der Waals surface area contributed by atoms with Gasteiger partial charge in [-0.3, -0.25) is 10.1 Å². The van der Waals surface area contributed by atoms with Gasteiger partial charge in [-0.15, -0.1) is 0 Å². The Morgan fingerprint density at radius 2 is 2.26 bits per heavy atom. The van der Waals surface area contributed by atoms with Crippen LogP contribution in [0.4, 0.5) is 11.5 Å². The van der Waals surface area contributed by atoms with Gasteiger partial charge in [-0.2, -0.15) is 0 Å². The van der Waals surface area contributed by atoms with Crippen molar-refractivity contribution in [2.45, 2.75) is 0 Å². The number of benzene rings is 1. The predicted molar refractivity (Wildman–Crippen MR) is 68.3 cm³/mol. The lowest BCUT2D eigenvalue weighted by Crippen LogP contribution is -2.07. The van der Waals surface area contributed by atoms with E-state index in [0.717, 1.165) is 0 Å². The third-order valence-corrected chi connectivity index (χ3v) is 2.54. The molecule has 0 radical (unpaired) electrons. The Kier molecular flexibility index (Phi) is 3.71. The number of nitro benzene ring substituents is 1. The topological polar surface area (TPSA) is 110 Å². The number of aromatic nitrogens is 2. The Morgan fingerprint density at radius 1 is 1.47 bits per heavy atom. The number of hydrogen-bond donors (Lipinski definition) is 2. The van der Waals surface area contributed by atoms with Gasteiger partial charge in [0, 0.05) is 24.1 Å². The van der Waals surface area contributed by atoms with Gasteiger partial charge in [-0.05, 0) is 0 Å². The van der Waals surface area contributed by atoms with Crippen LogP contribution in [-0.2, 0) is 0 Å². The molecule has 2 N–H and O–H groups in total. The van der Waals surface area contributed by atoms with Crippen LogP contribution < -0.4 is 10.1 Å². The standard InChI is InChI=1S/C11H12N4O4/c1-19-10-5-8-7(4-9(10)15(17)18)11(12-2-3-16)14-6-13-8/h4-6,16H,2-3H2,1H3,(H,12,13,14). The maximum Gasteiger partial charge on any atom is 0.311 e. The highest BCUT2D eigenvalue weighted by atomic mass is 16.6. The van der Waals surface area contributed by atoms with Crippen molar-refractivity contribution in [2.75, 3.05) is 25.6 Å². The first-order chi connectivity index (χ1) is 9.17. The van der Waals surface area contributed by atoms with E-state index in [0.29, 0.717) is 23.3 Å². The monoisotopic (exact) mass is 264 g/mol. The molecule has 8 heteroatoms. The summed E-state index contributed by atoms with van der Waals surface area (Å²) in [5, 5.41) is 23.1. The second-order valence-corrected chi connectivity index (χ2v) is 3.67. The van der Waals surface area contributed by atoms with Gasteiger partial charge < -0.3 is 15.2 Å². The van der Waals surface area contributed by atoms with Crippen molar-refractivity contribution in [3.8, 4) is 5.75 Å². The first kappa shape index (κ1) is 13.0. The zero-order valence-corrected chi connectivity index (χ0v) is 10.2. The van der Waals surface area contributed by atoms with E-state index < -0.39 is 4.92 Å². The van der Waals surface area contributed by atoms with Gasteiger partial charge in [0.05, 0.1) is 24.2 Å². The Morgan fingerprint density at radius 3 is 2.89 bits per heavy atom. The Balaban J connectivity index is 2.61. The van der Waals surface area contributed by atoms with E-state index in [1.807, 2.05) is 0 Å². The number of fused-ring (bicyclic) bond motifs is 1. The Labute approximate surface area is 108 Å². The molecule has 0 aliphatic carbocycles. The van der Waals surface area contributed by atoms with Crippen LogP contribution in [0, 0.1) is 10.1 Å². The number of hydrogen-bond acceptors (Lipinski definition) is 7. The third-order valence-electron chi connectivity index (χ3n) is 2.54. The van der Waals surface area contributed by atoms with Gasteiger partial charge in [0.15, 0.2) is 5.75 Å². The molecule has 0 atom stereocenters. The van der Waals surface area contributed by atoms with Crippen molar-refractivity contribution >= 4 is 22.4 Å². The fourth-order valence-corrected chi connectivity index (χ4v) is 1.69. The lowest BCUT2D eigenvalue weighted by molar-refractivity contribution is -0.385. The molecule has 19 heavy (non-hydrogen) atoms. The summed E-state index contributed by atoms with van der Waals surface area (Å²) in [5.41, 5.74) is 0.370. The average molecular weight is 264 g/mol. The smallest absolute Gasteiger partial charge is 0.311 e. The number of nitro groups is 1. The summed E-state index contributed by atoms with van der Waals surface area (Å²) in [7, 11) is 1.36. The van der Waals surface area contributed by atoms with Gasteiger partial charge in [0.2, 0.25) is 0 Å². The van der Waals surface area contributed by atoms with Crippen molar-refractivity contribution in [2.24, 2.45) is 0 Å². The van der Waals surface area contributed by atoms with E-state index in [-0.39, 0.29) is 18.0 Å². The van der Waals surface area contributed by atoms with Crippen LogP contribution in [0.3, 0.4) is 0 Å². The fourth-order valence-electron chi connectivity index (χ4n) is 1.69. The molecule has 0 unspecified atom stereocenters. The molecule has 0 amide bonds. The number of anilines is 1. The zero-order valence-electron chi connectivity index (χ0n) is 10.2. The number of methoxy groups -OCH3 is 1. The second-order valence-electron chi connectivity index (χ2n) is 3.67. The van der Waals surface area contributed by atoms with Crippen LogP contribution in [0.5, 0.6) is 5.75 Å². The number of nitrogens with zero attached hydrogens (tertiary/aromatic N) is 3. The SMILES string of the molecule is COc1cc2ncnc(NCCO)c2cc1[N+](=O)[O-]. The largest absolute Gasteiger partial charge is 0.490 e. The summed E-state index contributed by atoms with van der Waals surface area (Å²) in [6.45, 7) is 0.232. The molecule has 100 valence electrons. The van der Waals surface area contributed by atoms with Crippen molar-refractivity contribution in [1.82, 2.24) is 9.97 Å². The van der Waals surface area contributed by atoms with E-state index in [2.05, 4.69) is 15.3 Å². The van der Waals surface area contributed by atoms with Gasteiger partial charge in [0.25, 0.3) is 0 Å². The van der Waals surface area contributed by atoms with Crippen LogP contribution >= 0.6 is 0 Å². The summed E-state index contributed by atoms with van der Waals surface area (Å²) in [6, 6.07) is 2.84. The van der Waals surface area contributed by atoms with E-state index in [9.17, 15) is 10.1 Å². The quantitative estimate of drug-likeness (QED) is 0.611. The third kappa shape index (κ3) is 2.52. The first-order valence-electron chi connectivity index (χ1n) is 5.49. The molecule has 1 aromatic carbocycles. The summed E-state index contributed by atoms with van der Waals surface area (Å²) < 4.78 is 4.97. The molecule has 0 aliphatic heterocycles. The zero-order chi connectivity index (χ0) is 13.8. The molecule has 0 saturated carbocycles. The highest BCUT2D eigenvalue weighted by molar-refractivity contribution is 5.92. The molecule has 0 aliphatic rings. The lowest BCUT2D eigenvalue weighted by Gasteiger charge is -2.08. The number of aliphatic hydroxyl groups is 1. The van der Waals surface area contributed by atoms with Crippen molar-refractivity contribution in [1.29, 1.82) is 0 Å². The minimum absolute atomic E-state index is 0.0657. The number of aliphatic hydroxyl groups excluding tert-OH is 1. The van der Waals surface area contributed by atoms with Crippen LogP contribution in [0.25, 0.3) is 10.9 Å². The molecule has 2 aromatic rings. The predicted octanol–water partition coefficient (Wildman–Crippen LogP) is 0.951. The van der Waals surface area contributed by atoms with Gasteiger partial charge >= 0.3 is 5.69 Å². The van der Waals surface area contributed by atoms with Crippen molar-refractivity contribution in [3.05, 3.63) is 28.6 Å². The van der Waals surface area contributed by atoms with Crippen LogP contribution in [0.15, 0.2) is 18.5 Å². The Hall–Kier alpha value is -2.48. The number of ether oxygens (including phenoxy) is 1. The van der Waals surface area contributed by atoms with E-state index in [1.165, 1.54) is 25.6 Å². The average Bonchev–Trinajstić information content (AvgIpc) is 2.43. The molecule has 8 nitrogen and oxygen atoms in total. The highest BCUT2D eigenvalue weighted by Crippen LogP contribution is 2.33. The van der Waals surface area contributed by atoms with Crippen LogP contribution in [0.1, 0.15) is 0 Å². The molecule has 1 heterocycles. The van der Waals surface area contributed by atoms with Crippen LogP contribution in [0.2, 0.25) is 0 Å². The number of rotatable bonds is 5. The maximum absolute atomic E-state index is 11.0. The van der Waals surface area contributed by atoms with Crippen molar-refractivity contribution in [3.63, 3.8) is 0 Å². The molecule has 2 rings (SSSR count). The molecule has 0 spiro atoms. The first-order valence-corrected chi connectivity index (χ1v) is 5.49. The highest BCUT2D eigenvalue weighted by Gasteiger charge is 2.18. The van der Waals surface area contributed by atoms with Crippen LogP contribution in [-0.4, -0.2) is 40.3 Å². The lowest BCUT2D eigenvalue weighted by atomic mass is 10.2. The molecule has 1 aromatic heterocycles. The van der Waals surface area contributed by atoms with Gasteiger partial charge in [-0.25, -0.2) is 9.97 Å². The van der Waals surface area contributed by atoms with Gasteiger partial charge in [-0.1, -0.05) is 0 Å². The fraction of sp³-hybridized carbons (Fsp3) is 0.273. The normalized spacial score (nSPS) is 10.4. The van der Waals surface area contributed by atoms with E-state index in [1.54, 1.807) is 0 Å². The molecule has 0 saturated heterocycles.